The minimum absolute atomic E-state index is 0.0534. The van der Waals surface area contributed by atoms with Crippen molar-refractivity contribution in [2.24, 2.45) is 5.92 Å². The zero-order chi connectivity index (χ0) is 23.8. The molecule has 1 aliphatic carbocycles. The molecule has 0 atom stereocenters. The predicted molar refractivity (Wildman–Crippen MR) is 145 cm³/mol. The topological polar surface area (TPSA) is 0 Å². The molecule has 0 radical (unpaired) electrons. The van der Waals surface area contributed by atoms with Crippen molar-refractivity contribution in [3.05, 3.63) is 107 Å². The number of allylic oxidation sites excluding steroid dienone is 3. The Balaban J connectivity index is 1.34. The third-order valence-corrected chi connectivity index (χ3v) is 7.69. The van der Waals surface area contributed by atoms with Crippen molar-refractivity contribution in [2.75, 3.05) is 0 Å². The van der Waals surface area contributed by atoms with Crippen LogP contribution in [0.3, 0.4) is 0 Å². The lowest BCUT2D eigenvalue weighted by molar-refractivity contribution is 0.312. The van der Waals surface area contributed by atoms with Gasteiger partial charge < -0.3 is 0 Å². The van der Waals surface area contributed by atoms with Gasteiger partial charge in [0.05, 0.1) is 0 Å². The Labute approximate surface area is 205 Å². The fourth-order valence-electron chi connectivity index (χ4n) is 5.53. The van der Waals surface area contributed by atoms with Gasteiger partial charge in [0.1, 0.15) is 5.82 Å². The monoisotopic (exact) mass is 454 g/mol. The number of hydrogen-bond donors (Lipinski definition) is 0. The maximum Gasteiger partial charge on any atom is 0.134 e. The van der Waals surface area contributed by atoms with Crippen molar-refractivity contribution in [1.82, 2.24) is 0 Å². The molecule has 0 amide bonds. The Morgan fingerprint density at radius 1 is 0.853 bits per heavy atom. The van der Waals surface area contributed by atoms with Crippen LogP contribution < -0.4 is 0 Å². The summed E-state index contributed by atoms with van der Waals surface area (Å²) in [5, 5.41) is 1.74. The standard InChI is InChI=1S/C33H39F/c1-3-5-7-9-27-15-23-32-31(24-27)22-21-30(33(32)34)20-14-26-12-18-29(19-13-26)28-16-10-25(11-17-28)8-6-4-2/h3-5,12-13,15,18-19,21-25,28H,2,6-11,14,16-17,20H2,1H3/b5-3+. The number of benzene rings is 3. The molecule has 178 valence electrons. The Morgan fingerprint density at radius 3 is 2.35 bits per heavy atom. The zero-order valence-electron chi connectivity index (χ0n) is 20.7. The van der Waals surface area contributed by atoms with E-state index in [1.54, 1.807) is 0 Å². The summed E-state index contributed by atoms with van der Waals surface area (Å²) < 4.78 is 15.2. The molecule has 1 fully saturated rings. The van der Waals surface area contributed by atoms with E-state index in [2.05, 4.69) is 67.3 Å². The fourth-order valence-corrected chi connectivity index (χ4v) is 5.53. The van der Waals surface area contributed by atoms with Gasteiger partial charge in [0.2, 0.25) is 0 Å². The summed E-state index contributed by atoms with van der Waals surface area (Å²) in [5.74, 6) is 1.53. The summed E-state index contributed by atoms with van der Waals surface area (Å²) in [6, 6.07) is 19.4. The quantitative estimate of drug-likeness (QED) is 0.268. The van der Waals surface area contributed by atoms with Crippen molar-refractivity contribution in [2.45, 2.75) is 77.0 Å². The van der Waals surface area contributed by atoms with E-state index in [0.717, 1.165) is 54.4 Å². The summed E-state index contributed by atoms with van der Waals surface area (Å²) in [6.07, 6.45) is 17.7. The molecular formula is C33H39F. The first kappa shape index (κ1) is 24.5. The second kappa shape index (κ2) is 12.2. The number of rotatable bonds is 10. The maximum absolute atomic E-state index is 15.2. The highest BCUT2D eigenvalue weighted by Crippen LogP contribution is 2.37. The van der Waals surface area contributed by atoms with Gasteiger partial charge in [-0.1, -0.05) is 72.8 Å². The number of fused-ring (bicyclic) bond motifs is 1. The van der Waals surface area contributed by atoms with Crippen molar-refractivity contribution >= 4 is 10.8 Å². The van der Waals surface area contributed by atoms with Crippen LogP contribution in [0, 0.1) is 11.7 Å². The highest BCUT2D eigenvalue weighted by Gasteiger charge is 2.21. The summed E-state index contributed by atoms with van der Waals surface area (Å²) in [5.41, 5.74) is 4.86. The van der Waals surface area contributed by atoms with Gasteiger partial charge in [-0.2, -0.15) is 0 Å². The van der Waals surface area contributed by atoms with Crippen molar-refractivity contribution in [3.8, 4) is 0 Å². The first-order chi connectivity index (χ1) is 16.7. The first-order valence-electron chi connectivity index (χ1n) is 13.2. The van der Waals surface area contributed by atoms with Gasteiger partial charge in [0.25, 0.3) is 0 Å². The van der Waals surface area contributed by atoms with Crippen LogP contribution in [0.2, 0.25) is 0 Å². The predicted octanol–water partition coefficient (Wildman–Crippen LogP) is 9.51. The molecule has 0 aliphatic heterocycles. The Kier molecular flexibility index (Phi) is 8.74. The van der Waals surface area contributed by atoms with Crippen LogP contribution in [0.15, 0.2) is 79.4 Å². The Morgan fingerprint density at radius 2 is 1.62 bits per heavy atom. The van der Waals surface area contributed by atoms with Gasteiger partial charge in [0, 0.05) is 5.39 Å². The van der Waals surface area contributed by atoms with E-state index in [9.17, 15) is 0 Å². The van der Waals surface area contributed by atoms with Gasteiger partial charge in [-0.3, -0.25) is 0 Å². The second-order valence-corrected chi connectivity index (χ2v) is 10.0. The SMILES string of the molecule is C=CCCC1CCC(c2ccc(CCc3ccc4cc(CC/C=C/C)ccc4c3F)cc2)CC1. The van der Waals surface area contributed by atoms with E-state index >= 15 is 4.39 Å². The molecular weight excluding hydrogens is 415 g/mol. The van der Waals surface area contributed by atoms with Crippen LogP contribution in [0.1, 0.15) is 80.0 Å². The number of aryl methyl sites for hydroxylation is 3. The van der Waals surface area contributed by atoms with Crippen LogP contribution in [-0.4, -0.2) is 0 Å². The largest absolute Gasteiger partial charge is 0.206 e. The molecule has 3 aromatic rings. The summed E-state index contributed by atoms with van der Waals surface area (Å²) in [7, 11) is 0. The molecule has 3 aromatic carbocycles. The van der Waals surface area contributed by atoms with E-state index < -0.39 is 0 Å². The highest BCUT2D eigenvalue weighted by atomic mass is 19.1. The molecule has 1 heteroatoms. The molecule has 0 unspecified atom stereocenters. The molecule has 1 saturated carbocycles. The smallest absolute Gasteiger partial charge is 0.134 e. The van der Waals surface area contributed by atoms with E-state index in [1.165, 1.54) is 48.8 Å². The maximum atomic E-state index is 15.2. The summed E-state index contributed by atoms with van der Waals surface area (Å²) in [4.78, 5) is 0. The average Bonchev–Trinajstić information content (AvgIpc) is 2.88. The molecule has 0 N–H and O–H groups in total. The summed E-state index contributed by atoms with van der Waals surface area (Å²) in [6.45, 7) is 5.90. The lowest BCUT2D eigenvalue weighted by Crippen LogP contribution is -2.13. The van der Waals surface area contributed by atoms with Crippen molar-refractivity contribution in [3.63, 3.8) is 0 Å². The van der Waals surface area contributed by atoms with Crippen LogP contribution >= 0.6 is 0 Å². The second-order valence-electron chi connectivity index (χ2n) is 10.0. The molecule has 1 aliphatic rings. The molecule has 0 heterocycles. The molecule has 0 spiro atoms. The Bertz CT molecular complexity index is 1100. The van der Waals surface area contributed by atoms with Crippen molar-refractivity contribution < 1.29 is 4.39 Å². The molecule has 0 bridgehead atoms. The third kappa shape index (κ3) is 6.26. The van der Waals surface area contributed by atoms with E-state index in [1.807, 2.05) is 19.1 Å². The molecule has 0 nitrogen and oxygen atoms in total. The highest BCUT2D eigenvalue weighted by molar-refractivity contribution is 5.84. The third-order valence-electron chi connectivity index (χ3n) is 7.69. The normalized spacial score (nSPS) is 18.5. The van der Waals surface area contributed by atoms with E-state index in [-0.39, 0.29) is 5.82 Å². The number of hydrogen-bond acceptors (Lipinski definition) is 0. The van der Waals surface area contributed by atoms with E-state index in [4.69, 9.17) is 0 Å². The lowest BCUT2D eigenvalue weighted by atomic mass is 9.77. The van der Waals surface area contributed by atoms with Crippen LogP contribution in [-0.2, 0) is 19.3 Å². The van der Waals surface area contributed by atoms with Crippen LogP contribution in [0.5, 0.6) is 0 Å². The minimum atomic E-state index is -0.0534. The summed E-state index contributed by atoms with van der Waals surface area (Å²) >= 11 is 0. The van der Waals surface area contributed by atoms with Crippen LogP contribution in [0.4, 0.5) is 4.39 Å². The molecule has 34 heavy (non-hydrogen) atoms. The van der Waals surface area contributed by atoms with Gasteiger partial charge >= 0.3 is 0 Å². The zero-order valence-corrected chi connectivity index (χ0v) is 20.7. The molecule has 0 aromatic heterocycles. The Hall–Kier alpha value is -2.67. The average molecular weight is 455 g/mol. The van der Waals surface area contributed by atoms with Crippen LogP contribution in [0.25, 0.3) is 10.8 Å². The van der Waals surface area contributed by atoms with E-state index in [0.29, 0.717) is 5.92 Å². The fraction of sp³-hybridized carbons (Fsp3) is 0.394. The molecule has 0 saturated heterocycles. The number of halogens is 1. The lowest BCUT2D eigenvalue weighted by Gasteiger charge is -2.28. The van der Waals surface area contributed by atoms with Crippen molar-refractivity contribution in [1.29, 1.82) is 0 Å². The van der Waals surface area contributed by atoms with Gasteiger partial charge in [0.15, 0.2) is 0 Å². The van der Waals surface area contributed by atoms with Gasteiger partial charge in [-0.05, 0) is 111 Å². The molecule has 4 rings (SSSR count). The first-order valence-corrected chi connectivity index (χ1v) is 13.2. The van der Waals surface area contributed by atoms with Gasteiger partial charge in [-0.15, -0.1) is 6.58 Å². The minimum Gasteiger partial charge on any atom is -0.206 e. The van der Waals surface area contributed by atoms with Gasteiger partial charge in [-0.25, -0.2) is 4.39 Å².